The number of benzene rings is 2. The van der Waals surface area contributed by atoms with E-state index in [0.29, 0.717) is 16.4 Å². The smallest absolute Gasteiger partial charge is 0.337 e. The second kappa shape index (κ2) is 9.35. The highest BCUT2D eigenvalue weighted by Crippen LogP contribution is 2.35. The predicted molar refractivity (Wildman–Crippen MR) is 127 cm³/mol. The maximum absolute atomic E-state index is 13.3. The molecule has 0 radical (unpaired) electrons. The molecule has 0 spiro atoms. The predicted octanol–water partition coefficient (Wildman–Crippen LogP) is 2.59. The van der Waals surface area contributed by atoms with E-state index in [0.717, 1.165) is 12.0 Å². The first-order chi connectivity index (χ1) is 16.5. The maximum atomic E-state index is 13.3. The molecule has 0 saturated carbocycles. The van der Waals surface area contributed by atoms with Gasteiger partial charge in [0.1, 0.15) is 12.0 Å². The lowest BCUT2D eigenvalue weighted by molar-refractivity contribution is -0.113. The molecule has 176 valence electrons. The number of esters is 1. The zero-order valence-corrected chi connectivity index (χ0v) is 19.1. The van der Waals surface area contributed by atoms with Gasteiger partial charge in [-0.05, 0) is 48.4 Å². The van der Waals surface area contributed by atoms with Crippen LogP contribution in [0, 0.1) is 5.82 Å². The van der Waals surface area contributed by atoms with Crippen molar-refractivity contribution in [1.29, 1.82) is 0 Å². The van der Waals surface area contributed by atoms with Gasteiger partial charge in [-0.15, -0.1) is 0 Å². The van der Waals surface area contributed by atoms with Crippen LogP contribution in [0.1, 0.15) is 28.4 Å². The second-order valence-corrected chi connectivity index (χ2v) is 8.97. The molecule has 1 fully saturated rings. The van der Waals surface area contributed by atoms with Gasteiger partial charge < -0.3 is 20.0 Å². The maximum Gasteiger partial charge on any atom is 0.337 e. The summed E-state index contributed by atoms with van der Waals surface area (Å²) in [6.07, 6.45) is 4.63. The zero-order chi connectivity index (χ0) is 23.7. The van der Waals surface area contributed by atoms with Gasteiger partial charge in [0.25, 0.3) is 0 Å². The fourth-order valence-corrected chi connectivity index (χ4v) is 4.97. The van der Waals surface area contributed by atoms with Crippen LogP contribution in [-0.4, -0.2) is 52.0 Å². The van der Waals surface area contributed by atoms with Crippen molar-refractivity contribution in [3.8, 4) is 0 Å². The molecule has 1 amide bonds. The standard InChI is InChI=1S/C23H23FN6O3S/c1-33-22(32)15-4-8-17(9-5-15)25-20(31)13-34-23-27-26-21-19-12-18(14-2-6-16(24)7-3-14)28-30(19)11-10-29(21)23/h2-11,18-19,21,26,28H,12-13H2,1H3,(H,25,31). The van der Waals surface area contributed by atoms with E-state index in [9.17, 15) is 14.0 Å². The van der Waals surface area contributed by atoms with E-state index in [4.69, 9.17) is 0 Å². The third-order valence-electron chi connectivity index (χ3n) is 5.90. The topological polar surface area (TPSA) is 98.3 Å². The number of halogens is 1. The van der Waals surface area contributed by atoms with Crippen LogP contribution in [-0.2, 0) is 9.53 Å². The quantitative estimate of drug-likeness (QED) is 0.560. The summed E-state index contributed by atoms with van der Waals surface area (Å²) < 4.78 is 18.0. The number of fused-ring (bicyclic) bond motifs is 3. The number of amidine groups is 1. The summed E-state index contributed by atoms with van der Waals surface area (Å²) in [4.78, 5) is 26.0. The Bertz CT molecular complexity index is 1140. The molecule has 3 N–H and O–H groups in total. The average Bonchev–Trinajstić information content (AvgIpc) is 3.47. The van der Waals surface area contributed by atoms with Gasteiger partial charge in [-0.3, -0.25) is 10.2 Å². The van der Waals surface area contributed by atoms with Gasteiger partial charge in [0.15, 0.2) is 5.17 Å². The van der Waals surface area contributed by atoms with Crippen molar-refractivity contribution in [2.45, 2.75) is 24.7 Å². The molecule has 3 heterocycles. The molecule has 1 saturated heterocycles. The summed E-state index contributed by atoms with van der Waals surface area (Å²) in [5.41, 5.74) is 8.68. The van der Waals surface area contributed by atoms with Gasteiger partial charge in [0.2, 0.25) is 5.91 Å². The van der Waals surface area contributed by atoms with E-state index in [-0.39, 0.29) is 35.7 Å². The molecule has 3 unspecified atom stereocenters. The molecule has 2 aromatic rings. The summed E-state index contributed by atoms with van der Waals surface area (Å²) in [7, 11) is 1.32. The lowest BCUT2D eigenvalue weighted by atomic mass is 10.00. The van der Waals surface area contributed by atoms with Crippen molar-refractivity contribution in [2.75, 3.05) is 18.2 Å². The molecule has 3 atom stereocenters. The number of nitrogens with one attached hydrogen (secondary N) is 3. The molecular formula is C23H23FN6O3S. The van der Waals surface area contributed by atoms with Crippen LogP contribution in [0.3, 0.4) is 0 Å². The Hall–Kier alpha value is -3.57. The number of hydrazine groups is 1. The number of ether oxygens (including phenoxy) is 1. The van der Waals surface area contributed by atoms with Crippen LogP contribution in [0.4, 0.5) is 10.1 Å². The Kier molecular flexibility index (Phi) is 6.12. The van der Waals surface area contributed by atoms with Gasteiger partial charge in [-0.1, -0.05) is 23.9 Å². The van der Waals surface area contributed by atoms with Gasteiger partial charge in [-0.2, -0.15) is 5.10 Å². The number of rotatable bonds is 5. The first-order valence-electron chi connectivity index (χ1n) is 10.7. The average molecular weight is 483 g/mol. The molecule has 2 aromatic carbocycles. The SMILES string of the molecule is COC(=O)c1ccc(NC(=O)CSC2=NNC3C4CC(c5ccc(F)cc5)NN4C=CN23)cc1. The lowest BCUT2D eigenvalue weighted by Crippen LogP contribution is -2.54. The molecule has 9 nitrogen and oxygen atoms in total. The second-order valence-electron chi connectivity index (χ2n) is 8.02. The normalized spacial score (nSPS) is 22.5. The Morgan fingerprint density at radius 2 is 1.94 bits per heavy atom. The van der Waals surface area contributed by atoms with Crippen molar-refractivity contribution < 1.29 is 18.7 Å². The number of hydrazone groups is 1. The molecule has 5 rings (SSSR count). The van der Waals surface area contributed by atoms with Crippen LogP contribution in [0.25, 0.3) is 0 Å². The largest absolute Gasteiger partial charge is 0.465 e. The number of carbonyl (C=O) groups excluding carboxylic acids is 2. The summed E-state index contributed by atoms with van der Waals surface area (Å²) in [6.45, 7) is 0. The number of hydrogen-bond donors (Lipinski definition) is 3. The fraction of sp³-hybridized carbons (Fsp3) is 0.261. The number of hydrogen-bond acceptors (Lipinski definition) is 9. The molecule has 0 bridgehead atoms. The van der Waals surface area contributed by atoms with E-state index in [1.54, 1.807) is 36.4 Å². The van der Waals surface area contributed by atoms with Crippen LogP contribution in [0.5, 0.6) is 0 Å². The summed E-state index contributed by atoms with van der Waals surface area (Å²) >= 11 is 1.34. The first kappa shape index (κ1) is 22.2. The Morgan fingerprint density at radius 1 is 1.18 bits per heavy atom. The highest BCUT2D eigenvalue weighted by Gasteiger charge is 2.44. The summed E-state index contributed by atoms with van der Waals surface area (Å²) in [6, 6.07) is 13.3. The van der Waals surface area contributed by atoms with Crippen molar-refractivity contribution >= 4 is 34.5 Å². The van der Waals surface area contributed by atoms with E-state index in [2.05, 4.69) is 31.0 Å². The highest BCUT2D eigenvalue weighted by atomic mass is 32.2. The molecule has 0 aliphatic carbocycles. The van der Waals surface area contributed by atoms with Crippen molar-refractivity contribution in [1.82, 2.24) is 20.8 Å². The molecule has 11 heteroatoms. The minimum Gasteiger partial charge on any atom is -0.465 e. The number of carbonyl (C=O) groups is 2. The summed E-state index contributed by atoms with van der Waals surface area (Å²) in [5.74, 6) is -0.672. The van der Waals surface area contributed by atoms with Crippen LogP contribution in [0.2, 0.25) is 0 Å². The van der Waals surface area contributed by atoms with Crippen LogP contribution in [0.15, 0.2) is 66.0 Å². The first-order valence-corrected chi connectivity index (χ1v) is 11.7. The number of anilines is 1. The van der Waals surface area contributed by atoms with Gasteiger partial charge in [0, 0.05) is 18.1 Å². The Morgan fingerprint density at radius 3 is 2.68 bits per heavy atom. The number of amides is 1. The third kappa shape index (κ3) is 4.44. The van der Waals surface area contributed by atoms with E-state index >= 15 is 0 Å². The fourth-order valence-electron chi connectivity index (χ4n) is 4.20. The van der Waals surface area contributed by atoms with Crippen molar-refractivity contribution in [3.63, 3.8) is 0 Å². The van der Waals surface area contributed by atoms with E-state index in [1.165, 1.54) is 31.0 Å². The lowest BCUT2D eigenvalue weighted by Gasteiger charge is -2.36. The van der Waals surface area contributed by atoms with E-state index in [1.807, 2.05) is 17.3 Å². The molecule has 3 aliphatic rings. The van der Waals surface area contributed by atoms with Gasteiger partial charge >= 0.3 is 5.97 Å². The molecule has 3 aliphatic heterocycles. The minimum atomic E-state index is -0.427. The number of nitrogens with zero attached hydrogens (tertiary/aromatic N) is 3. The summed E-state index contributed by atoms with van der Waals surface area (Å²) in [5, 5.41) is 10.0. The van der Waals surface area contributed by atoms with Gasteiger partial charge in [0.05, 0.1) is 30.5 Å². The van der Waals surface area contributed by atoms with Crippen LogP contribution < -0.4 is 16.2 Å². The van der Waals surface area contributed by atoms with Crippen LogP contribution >= 0.6 is 11.8 Å². The molecule has 0 aromatic heterocycles. The van der Waals surface area contributed by atoms with Crippen molar-refractivity contribution in [3.05, 3.63) is 77.9 Å². The zero-order valence-electron chi connectivity index (χ0n) is 18.3. The Labute approximate surface area is 200 Å². The van der Waals surface area contributed by atoms with Crippen molar-refractivity contribution in [2.24, 2.45) is 5.10 Å². The number of thioether (sulfide) groups is 1. The minimum absolute atomic E-state index is 0.0700. The monoisotopic (exact) mass is 482 g/mol. The molecular weight excluding hydrogens is 459 g/mol. The Balaban J connectivity index is 1.15. The van der Waals surface area contributed by atoms with E-state index < -0.39 is 5.97 Å². The van der Waals surface area contributed by atoms with Gasteiger partial charge in [-0.25, -0.2) is 14.6 Å². The third-order valence-corrected chi connectivity index (χ3v) is 6.87. The molecule has 34 heavy (non-hydrogen) atoms. The number of methoxy groups -OCH3 is 1. The highest BCUT2D eigenvalue weighted by molar-refractivity contribution is 8.14.